The van der Waals surface area contributed by atoms with Gasteiger partial charge in [-0.1, -0.05) is 34.8 Å². The summed E-state index contributed by atoms with van der Waals surface area (Å²) in [7, 11) is 0. The molecule has 17 heavy (non-hydrogen) atoms. The molecule has 1 aromatic rings. The zero-order chi connectivity index (χ0) is 13.0. The van der Waals surface area contributed by atoms with Crippen LogP contribution in [-0.2, 0) is 0 Å². The first-order valence-electron chi connectivity index (χ1n) is 4.17. The number of benzene rings is 1. The molecule has 9 heteroatoms. The molecule has 0 saturated carbocycles. The van der Waals surface area contributed by atoms with E-state index in [0.29, 0.717) is 10.7 Å². The Balaban J connectivity index is 2.71. The minimum Gasteiger partial charge on any atom is -0.375 e. The Bertz CT molecular complexity index is 468. The molecule has 0 aliphatic rings. The van der Waals surface area contributed by atoms with Crippen molar-refractivity contribution in [3.8, 4) is 0 Å². The highest BCUT2D eigenvalue weighted by Crippen LogP contribution is 2.32. The van der Waals surface area contributed by atoms with Gasteiger partial charge in [-0.3, -0.25) is 5.43 Å². The van der Waals surface area contributed by atoms with Gasteiger partial charge in [0.25, 0.3) is 0 Å². The van der Waals surface area contributed by atoms with Crippen molar-refractivity contribution in [2.24, 2.45) is 5.73 Å². The monoisotopic (exact) mass is 312 g/mol. The van der Waals surface area contributed by atoms with Crippen molar-refractivity contribution in [2.75, 3.05) is 5.32 Å². The van der Waals surface area contributed by atoms with Crippen molar-refractivity contribution in [3.63, 3.8) is 0 Å². The lowest BCUT2D eigenvalue weighted by molar-refractivity contribution is 0.250. The van der Waals surface area contributed by atoms with Crippen molar-refractivity contribution in [2.45, 2.75) is 0 Å². The number of urea groups is 1. The fraction of sp³-hybridized carbons (Fsp3) is 0. The molecule has 1 rings (SSSR count). The smallest absolute Gasteiger partial charge is 0.337 e. The van der Waals surface area contributed by atoms with Gasteiger partial charge in [-0.2, -0.15) is 0 Å². The number of hydrogen-bond acceptors (Lipinski definition) is 2. The van der Waals surface area contributed by atoms with E-state index in [2.05, 4.69) is 28.4 Å². The van der Waals surface area contributed by atoms with Crippen molar-refractivity contribution in [3.05, 3.63) is 27.2 Å². The molecule has 1 aromatic carbocycles. The summed E-state index contributed by atoms with van der Waals surface area (Å²) in [6, 6.07) is 2.24. The number of nitrogens with two attached hydrogens (primary N) is 1. The average molecular weight is 314 g/mol. The topological polar surface area (TPSA) is 79.2 Å². The Kier molecular flexibility index (Phi) is 5.07. The predicted octanol–water partition coefficient (Wildman–Crippen LogP) is 2.52. The normalized spacial score (nSPS) is 9.59. The van der Waals surface area contributed by atoms with Crippen molar-refractivity contribution in [1.29, 1.82) is 0 Å². The van der Waals surface area contributed by atoms with E-state index in [1.54, 1.807) is 0 Å². The number of hydrogen-bond donors (Lipinski definition) is 4. The van der Waals surface area contributed by atoms with E-state index in [-0.39, 0.29) is 15.2 Å². The molecule has 0 saturated heterocycles. The molecule has 0 atom stereocenters. The summed E-state index contributed by atoms with van der Waals surface area (Å²) >= 11 is 21.9. The van der Waals surface area contributed by atoms with E-state index in [4.69, 9.17) is 40.5 Å². The summed E-state index contributed by atoms with van der Waals surface area (Å²) in [4.78, 5) is 11.3. The maximum atomic E-state index is 11.3. The number of halogens is 3. The van der Waals surface area contributed by atoms with Crippen LogP contribution in [0.25, 0.3) is 0 Å². The van der Waals surface area contributed by atoms with E-state index in [1.165, 1.54) is 12.1 Å². The maximum Gasteiger partial charge on any atom is 0.337 e. The molecule has 0 radical (unpaired) electrons. The van der Waals surface area contributed by atoms with Crippen LogP contribution in [0.3, 0.4) is 0 Å². The summed E-state index contributed by atoms with van der Waals surface area (Å²) in [5.41, 5.74) is 9.88. The lowest BCUT2D eigenvalue weighted by atomic mass is 10.3. The number of carbonyl (C=O) groups excluding carboxylic acids is 1. The molecule has 0 fully saturated rings. The molecule has 0 aliphatic heterocycles. The first-order chi connectivity index (χ1) is 7.90. The van der Waals surface area contributed by atoms with Crippen LogP contribution in [0, 0.1) is 0 Å². The Morgan fingerprint density at radius 3 is 2.29 bits per heavy atom. The molecule has 0 aromatic heterocycles. The van der Waals surface area contributed by atoms with Crippen LogP contribution in [0.2, 0.25) is 15.1 Å². The van der Waals surface area contributed by atoms with Gasteiger partial charge in [-0.05, 0) is 24.4 Å². The highest BCUT2D eigenvalue weighted by atomic mass is 35.5. The number of rotatable bonds is 1. The number of hydrazine groups is 1. The van der Waals surface area contributed by atoms with Crippen LogP contribution in [0.15, 0.2) is 12.1 Å². The minimum absolute atomic E-state index is 0.0691. The van der Waals surface area contributed by atoms with Gasteiger partial charge < -0.3 is 11.1 Å². The second-order valence-corrected chi connectivity index (χ2v) is 4.48. The fourth-order valence-corrected chi connectivity index (χ4v) is 1.54. The minimum atomic E-state index is -0.599. The van der Waals surface area contributed by atoms with Crippen LogP contribution in [0.1, 0.15) is 0 Å². The van der Waals surface area contributed by atoms with Crippen LogP contribution in [-0.4, -0.2) is 11.1 Å². The molecule has 0 bridgehead atoms. The molecule has 5 N–H and O–H groups in total. The highest BCUT2D eigenvalue weighted by molar-refractivity contribution is 7.80. The third-order valence-electron chi connectivity index (χ3n) is 1.56. The van der Waals surface area contributed by atoms with Gasteiger partial charge in [0.15, 0.2) is 5.11 Å². The Hall–Kier alpha value is -0.950. The molecule has 0 unspecified atom stereocenters. The largest absolute Gasteiger partial charge is 0.375 e. The van der Waals surface area contributed by atoms with Crippen LogP contribution >= 0.6 is 47.0 Å². The van der Waals surface area contributed by atoms with Gasteiger partial charge in [0, 0.05) is 0 Å². The standard InChI is InChI=1S/C8H7Cl3N4OS/c9-3-1-5(11)6(2-4(3)10)13-8(16)15-14-7(12)17/h1-2H,(H3,12,14,17)(H2,13,15,16). The third-order valence-corrected chi connectivity index (χ3v) is 2.69. The van der Waals surface area contributed by atoms with Gasteiger partial charge in [-0.25, -0.2) is 10.2 Å². The number of carbonyl (C=O) groups is 1. The SMILES string of the molecule is NC(=S)NNC(=O)Nc1cc(Cl)c(Cl)cc1Cl. The van der Waals surface area contributed by atoms with Crippen LogP contribution in [0.5, 0.6) is 0 Å². The number of thiocarbonyl (C=S) groups is 1. The van der Waals surface area contributed by atoms with Gasteiger partial charge in [0.1, 0.15) is 0 Å². The quantitative estimate of drug-likeness (QED) is 0.365. The summed E-state index contributed by atoms with van der Waals surface area (Å²) in [6.07, 6.45) is 0. The van der Waals surface area contributed by atoms with Gasteiger partial charge in [0.2, 0.25) is 0 Å². The summed E-state index contributed by atoms with van der Waals surface area (Å²) in [5, 5.41) is 3.18. The molecular weight excluding hydrogens is 307 g/mol. The molecular formula is C8H7Cl3N4OS. The van der Waals surface area contributed by atoms with Crippen LogP contribution in [0.4, 0.5) is 10.5 Å². The molecule has 0 aliphatic carbocycles. The molecule has 0 spiro atoms. The maximum absolute atomic E-state index is 11.3. The van der Waals surface area contributed by atoms with Gasteiger partial charge >= 0.3 is 6.03 Å². The van der Waals surface area contributed by atoms with E-state index in [1.807, 2.05) is 0 Å². The van der Waals surface area contributed by atoms with Crippen molar-refractivity contribution < 1.29 is 4.79 Å². The zero-order valence-electron chi connectivity index (χ0n) is 8.18. The predicted molar refractivity (Wildman–Crippen MR) is 73.5 cm³/mol. The Morgan fingerprint density at radius 1 is 1.12 bits per heavy atom. The lowest BCUT2D eigenvalue weighted by Crippen LogP contribution is -2.46. The average Bonchev–Trinajstić information content (AvgIpc) is 2.23. The number of amides is 2. The molecule has 92 valence electrons. The fourth-order valence-electron chi connectivity index (χ4n) is 0.890. The zero-order valence-corrected chi connectivity index (χ0v) is 11.3. The van der Waals surface area contributed by atoms with E-state index < -0.39 is 6.03 Å². The first-order valence-corrected chi connectivity index (χ1v) is 5.71. The molecule has 2 amide bonds. The molecule has 0 heterocycles. The van der Waals surface area contributed by atoms with E-state index in [0.717, 1.165) is 0 Å². The number of nitrogens with one attached hydrogen (secondary N) is 3. The summed E-state index contributed by atoms with van der Waals surface area (Å²) in [6.45, 7) is 0. The number of anilines is 1. The first kappa shape index (κ1) is 14.1. The summed E-state index contributed by atoms with van der Waals surface area (Å²) in [5.74, 6) is 0. The van der Waals surface area contributed by atoms with Crippen molar-refractivity contribution in [1.82, 2.24) is 10.9 Å². The van der Waals surface area contributed by atoms with Crippen LogP contribution < -0.4 is 21.9 Å². The van der Waals surface area contributed by atoms with E-state index >= 15 is 0 Å². The van der Waals surface area contributed by atoms with Gasteiger partial charge in [0.05, 0.1) is 20.8 Å². The molecule has 5 nitrogen and oxygen atoms in total. The second kappa shape index (κ2) is 6.11. The summed E-state index contributed by atoms with van der Waals surface area (Å²) < 4.78 is 0. The van der Waals surface area contributed by atoms with Gasteiger partial charge in [-0.15, -0.1) is 0 Å². The second-order valence-electron chi connectivity index (χ2n) is 2.81. The third kappa shape index (κ3) is 4.43. The Morgan fingerprint density at radius 2 is 1.71 bits per heavy atom. The van der Waals surface area contributed by atoms with E-state index in [9.17, 15) is 4.79 Å². The lowest BCUT2D eigenvalue weighted by Gasteiger charge is -2.10. The van der Waals surface area contributed by atoms with Crippen molar-refractivity contribution >= 4 is 63.9 Å². The highest BCUT2D eigenvalue weighted by Gasteiger charge is 2.08. The Labute approximate surface area is 118 Å².